The maximum Gasteiger partial charge on any atom is 0.293 e. The molecule has 6 heteroatoms. The van der Waals surface area contributed by atoms with Crippen molar-refractivity contribution in [1.82, 2.24) is 0 Å². The van der Waals surface area contributed by atoms with Crippen molar-refractivity contribution in [3.63, 3.8) is 0 Å². The van der Waals surface area contributed by atoms with Crippen LogP contribution in [0.3, 0.4) is 0 Å². The van der Waals surface area contributed by atoms with Gasteiger partial charge in [0.25, 0.3) is 5.91 Å². The van der Waals surface area contributed by atoms with E-state index in [9.17, 15) is 10.5 Å². The minimum absolute atomic E-state index is 0.127. The molecule has 0 radical (unpaired) electrons. The summed E-state index contributed by atoms with van der Waals surface area (Å²) in [6, 6.07) is 12.3. The third kappa shape index (κ3) is 1.33. The fourth-order valence-electron chi connectivity index (χ4n) is 4.21. The summed E-state index contributed by atoms with van der Waals surface area (Å²) in [6.07, 6.45) is -0.204. The smallest absolute Gasteiger partial charge is 0.293 e. The number of aliphatic imine (C=N–C) groups is 1. The number of ether oxygens (including phenoxy) is 2. The molecular formula is C17H16N4O2. The zero-order valence-corrected chi connectivity index (χ0v) is 12.9. The molecule has 2 heterocycles. The van der Waals surface area contributed by atoms with Crippen LogP contribution >= 0.6 is 0 Å². The van der Waals surface area contributed by atoms with Gasteiger partial charge >= 0.3 is 0 Å². The van der Waals surface area contributed by atoms with Crippen molar-refractivity contribution < 1.29 is 9.47 Å². The van der Waals surface area contributed by atoms with Gasteiger partial charge in [-0.1, -0.05) is 29.8 Å². The molecule has 116 valence electrons. The van der Waals surface area contributed by atoms with Gasteiger partial charge in [-0.3, -0.25) is 0 Å². The average molecular weight is 308 g/mol. The highest BCUT2D eigenvalue weighted by molar-refractivity contribution is 6.00. The molecule has 3 aliphatic rings. The molecule has 5 atom stereocenters. The van der Waals surface area contributed by atoms with Crippen molar-refractivity contribution in [3.05, 3.63) is 35.4 Å². The average Bonchev–Trinajstić information content (AvgIpc) is 2.93. The Balaban J connectivity index is 1.93. The van der Waals surface area contributed by atoms with Crippen LogP contribution in [0.5, 0.6) is 0 Å². The van der Waals surface area contributed by atoms with Crippen LogP contribution in [0.2, 0.25) is 0 Å². The van der Waals surface area contributed by atoms with Crippen LogP contribution in [0.4, 0.5) is 0 Å². The minimum Gasteiger partial charge on any atom is -0.386 e. The predicted octanol–water partition coefficient (Wildman–Crippen LogP) is 1.57. The van der Waals surface area contributed by atoms with E-state index in [-0.39, 0.29) is 11.9 Å². The number of nitrogens with zero attached hydrogens (tertiary/aromatic N) is 3. The van der Waals surface area contributed by atoms with E-state index >= 15 is 0 Å². The zero-order chi connectivity index (χ0) is 16.5. The summed E-state index contributed by atoms with van der Waals surface area (Å²) in [5.41, 5.74) is 5.62. The van der Waals surface area contributed by atoms with E-state index in [1.807, 2.05) is 38.1 Å². The molecular weight excluding hydrogens is 292 g/mol. The third-order valence-corrected chi connectivity index (χ3v) is 5.18. The fourth-order valence-corrected chi connectivity index (χ4v) is 4.21. The third-order valence-electron chi connectivity index (χ3n) is 5.18. The first-order valence-corrected chi connectivity index (χ1v) is 7.54. The molecule has 2 N–H and O–H groups in total. The van der Waals surface area contributed by atoms with Crippen molar-refractivity contribution >= 4 is 5.84 Å². The Morgan fingerprint density at radius 2 is 2.13 bits per heavy atom. The molecule has 1 aromatic carbocycles. The highest BCUT2D eigenvalue weighted by atomic mass is 16.8. The predicted molar refractivity (Wildman–Crippen MR) is 80.9 cm³/mol. The van der Waals surface area contributed by atoms with E-state index in [1.165, 1.54) is 0 Å². The van der Waals surface area contributed by atoms with Gasteiger partial charge in [-0.2, -0.15) is 10.5 Å². The van der Waals surface area contributed by atoms with Gasteiger partial charge in [0.05, 0.1) is 24.8 Å². The van der Waals surface area contributed by atoms with Gasteiger partial charge in [0, 0.05) is 5.92 Å². The quantitative estimate of drug-likeness (QED) is 0.848. The van der Waals surface area contributed by atoms with Crippen LogP contribution in [0.15, 0.2) is 29.3 Å². The maximum atomic E-state index is 10.0. The number of aryl methyl sites for hydroxylation is 1. The molecule has 1 saturated carbocycles. The first kappa shape index (κ1) is 14.2. The monoisotopic (exact) mass is 308 g/mol. The molecule has 0 bridgehead atoms. The summed E-state index contributed by atoms with van der Waals surface area (Å²) in [5.74, 6) is -1.76. The highest BCUT2D eigenvalue weighted by Gasteiger charge is 2.94. The van der Waals surface area contributed by atoms with Crippen molar-refractivity contribution in [1.29, 1.82) is 10.5 Å². The normalized spacial score (nSPS) is 43.6. The number of hydrogen-bond donors (Lipinski definition) is 1. The molecule has 1 aliphatic carbocycles. The second-order valence-electron chi connectivity index (χ2n) is 6.51. The lowest BCUT2D eigenvalue weighted by molar-refractivity contribution is -0.193. The van der Waals surface area contributed by atoms with Crippen LogP contribution in [-0.2, 0) is 9.47 Å². The Bertz CT molecular complexity index is 823. The Kier molecular flexibility index (Phi) is 2.54. The summed E-state index contributed by atoms with van der Waals surface area (Å²) < 4.78 is 11.7. The van der Waals surface area contributed by atoms with Gasteiger partial charge < -0.3 is 15.2 Å². The Labute approximate surface area is 134 Å². The molecule has 1 saturated heterocycles. The molecule has 5 unspecified atom stereocenters. The number of benzene rings is 1. The van der Waals surface area contributed by atoms with Gasteiger partial charge in [-0.05, 0) is 19.4 Å². The van der Waals surface area contributed by atoms with Gasteiger partial charge in [0.1, 0.15) is 11.3 Å². The van der Waals surface area contributed by atoms with E-state index in [0.717, 1.165) is 11.1 Å². The first-order valence-electron chi connectivity index (χ1n) is 7.54. The van der Waals surface area contributed by atoms with Crippen LogP contribution in [0, 0.1) is 40.4 Å². The van der Waals surface area contributed by atoms with Crippen molar-refractivity contribution in [2.24, 2.45) is 21.6 Å². The number of nitrogens with two attached hydrogens (primary N) is 1. The molecule has 2 aliphatic heterocycles. The topological polar surface area (TPSA) is 104 Å². The molecule has 4 rings (SSSR count). The number of hydrogen-bond acceptors (Lipinski definition) is 6. The Hall–Kier alpha value is -2.41. The number of rotatable bonds is 1. The molecule has 0 aromatic heterocycles. The van der Waals surface area contributed by atoms with Crippen molar-refractivity contribution in [2.45, 2.75) is 31.8 Å². The van der Waals surface area contributed by atoms with Crippen molar-refractivity contribution in [2.75, 3.05) is 6.61 Å². The fraction of sp³-hybridized carbons (Fsp3) is 0.471. The SMILES string of the molecule is Cc1cccc(C2C3(C#N)C(N)=NC4(OCC(C)O4)C23C#N)c1. The van der Waals surface area contributed by atoms with Crippen LogP contribution < -0.4 is 5.73 Å². The lowest BCUT2D eigenvalue weighted by Gasteiger charge is -2.26. The second kappa shape index (κ2) is 4.11. The largest absolute Gasteiger partial charge is 0.386 e. The first-order chi connectivity index (χ1) is 11.0. The summed E-state index contributed by atoms with van der Waals surface area (Å²) in [7, 11) is 0. The summed E-state index contributed by atoms with van der Waals surface area (Å²) in [5, 5.41) is 19.9. The molecule has 0 amide bonds. The van der Waals surface area contributed by atoms with E-state index in [2.05, 4.69) is 17.1 Å². The highest BCUT2D eigenvalue weighted by Crippen LogP contribution is 2.82. The van der Waals surface area contributed by atoms with E-state index < -0.39 is 22.7 Å². The lowest BCUT2D eigenvalue weighted by Crippen LogP contribution is -2.39. The van der Waals surface area contributed by atoms with Gasteiger partial charge in [0.15, 0.2) is 5.41 Å². The van der Waals surface area contributed by atoms with Crippen LogP contribution in [-0.4, -0.2) is 24.5 Å². The van der Waals surface area contributed by atoms with Gasteiger partial charge in [-0.25, -0.2) is 4.99 Å². The summed E-state index contributed by atoms with van der Waals surface area (Å²) in [4.78, 5) is 4.29. The molecule has 6 nitrogen and oxygen atoms in total. The number of fused-ring (bicyclic) bond motifs is 2. The van der Waals surface area contributed by atoms with E-state index in [4.69, 9.17) is 15.2 Å². The molecule has 2 fully saturated rings. The van der Waals surface area contributed by atoms with Crippen LogP contribution in [0.25, 0.3) is 0 Å². The van der Waals surface area contributed by atoms with Gasteiger partial charge in [-0.15, -0.1) is 0 Å². The molecule has 1 spiro atoms. The molecule has 23 heavy (non-hydrogen) atoms. The lowest BCUT2D eigenvalue weighted by atomic mass is 9.93. The number of nitriles is 2. The van der Waals surface area contributed by atoms with E-state index in [0.29, 0.717) is 6.61 Å². The van der Waals surface area contributed by atoms with Crippen LogP contribution in [0.1, 0.15) is 24.0 Å². The Morgan fingerprint density at radius 1 is 1.35 bits per heavy atom. The summed E-state index contributed by atoms with van der Waals surface area (Å²) in [6.45, 7) is 4.14. The second-order valence-corrected chi connectivity index (χ2v) is 6.51. The molecule has 1 aromatic rings. The van der Waals surface area contributed by atoms with E-state index in [1.54, 1.807) is 0 Å². The minimum atomic E-state index is -1.48. The summed E-state index contributed by atoms with van der Waals surface area (Å²) >= 11 is 0. The van der Waals surface area contributed by atoms with Gasteiger partial charge in [0.2, 0.25) is 0 Å². The standard InChI is InChI=1S/C17H16N4O2/c1-10-4-3-5-12(6-10)13-15(8-18)14(20)21-17(16(13,15)9-19)22-7-11(2)23-17/h3-6,11,13H,7H2,1-2H3,(H2,20,21). The maximum absolute atomic E-state index is 10.0. The number of amidine groups is 1. The Morgan fingerprint density at radius 3 is 2.70 bits per heavy atom. The zero-order valence-electron chi connectivity index (χ0n) is 12.9. The van der Waals surface area contributed by atoms with Crippen molar-refractivity contribution in [3.8, 4) is 12.1 Å².